The molecule has 0 spiro atoms. The first-order valence-corrected chi connectivity index (χ1v) is 8.66. The van der Waals surface area contributed by atoms with Crippen molar-refractivity contribution in [2.75, 3.05) is 50.8 Å². The molecular formula is C17H27ClN4O. The molecule has 1 saturated heterocycles. The van der Waals surface area contributed by atoms with Gasteiger partial charge in [-0.15, -0.1) is 0 Å². The minimum absolute atomic E-state index is 0.172. The number of halogens is 1. The van der Waals surface area contributed by atoms with Crippen molar-refractivity contribution in [3.8, 4) is 0 Å². The molecule has 0 radical (unpaired) electrons. The fourth-order valence-electron chi connectivity index (χ4n) is 2.58. The predicted molar refractivity (Wildman–Crippen MR) is 97.5 cm³/mol. The average Bonchev–Trinajstić information content (AvgIpc) is 2.58. The third kappa shape index (κ3) is 5.29. The van der Waals surface area contributed by atoms with Crippen LogP contribution < -0.4 is 10.2 Å². The first-order chi connectivity index (χ1) is 11.1. The fourth-order valence-corrected chi connectivity index (χ4v) is 2.76. The second-order valence-electron chi connectivity index (χ2n) is 5.94. The SMILES string of the molecule is CCNC(=NCC(C)CO)N1CCN(c2cccc(Cl)c2)CC1. The molecule has 0 saturated carbocycles. The summed E-state index contributed by atoms with van der Waals surface area (Å²) in [7, 11) is 0. The highest BCUT2D eigenvalue weighted by molar-refractivity contribution is 6.30. The average molecular weight is 339 g/mol. The second kappa shape index (κ2) is 8.99. The summed E-state index contributed by atoms with van der Waals surface area (Å²) < 4.78 is 0. The Bertz CT molecular complexity index is 515. The van der Waals surface area contributed by atoms with Crippen LogP contribution in [0.15, 0.2) is 29.3 Å². The molecule has 1 aromatic rings. The molecule has 1 atom stereocenters. The van der Waals surface area contributed by atoms with Gasteiger partial charge in [-0.1, -0.05) is 24.6 Å². The quantitative estimate of drug-likeness (QED) is 0.637. The molecule has 0 aliphatic carbocycles. The monoisotopic (exact) mass is 338 g/mol. The Morgan fingerprint density at radius 1 is 1.35 bits per heavy atom. The summed E-state index contributed by atoms with van der Waals surface area (Å²) in [6.07, 6.45) is 0. The number of nitrogens with zero attached hydrogens (tertiary/aromatic N) is 3. The molecule has 1 aliphatic heterocycles. The van der Waals surface area contributed by atoms with Crippen LogP contribution in [-0.4, -0.2) is 61.8 Å². The van der Waals surface area contributed by atoms with Gasteiger partial charge in [0.2, 0.25) is 0 Å². The van der Waals surface area contributed by atoms with E-state index in [-0.39, 0.29) is 12.5 Å². The van der Waals surface area contributed by atoms with Crippen molar-refractivity contribution in [1.82, 2.24) is 10.2 Å². The Morgan fingerprint density at radius 2 is 2.09 bits per heavy atom. The number of aliphatic imine (C=N–C) groups is 1. The first-order valence-electron chi connectivity index (χ1n) is 8.28. The molecule has 23 heavy (non-hydrogen) atoms. The van der Waals surface area contributed by atoms with Gasteiger partial charge in [0.05, 0.1) is 0 Å². The van der Waals surface area contributed by atoms with E-state index in [2.05, 4.69) is 33.1 Å². The molecule has 1 unspecified atom stereocenters. The Kier molecular flexibility index (Phi) is 6.99. The van der Waals surface area contributed by atoms with Gasteiger partial charge in [0.15, 0.2) is 5.96 Å². The van der Waals surface area contributed by atoms with Gasteiger partial charge >= 0.3 is 0 Å². The largest absolute Gasteiger partial charge is 0.396 e. The maximum Gasteiger partial charge on any atom is 0.194 e. The lowest BCUT2D eigenvalue weighted by atomic mass is 10.2. The number of hydrogen-bond donors (Lipinski definition) is 2. The lowest BCUT2D eigenvalue weighted by Crippen LogP contribution is -2.52. The molecular weight excluding hydrogens is 312 g/mol. The van der Waals surface area contributed by atoms with Gasteiger partial charge in [0, 0.05) is 56.6 Å². The van der Waals surface area contributed by atoms with Crippen LogP contribution in [0.3, 0.4) is 0 Å². The van der Waals surface area contributed by atoms with Crippen LogP contribution in [0, 0.1) is 5.92 Å². The van der Waals surface area contributed by atoms with Crippen LogP contribution in [0.5, 0.6) is 0 Å². The van der Waals surface area contributed by atoms with E-state index in [1.165, 1.54) is 5.69 Å². The summed E-state index contributed by atoms with van der Waals surface area (Å²) >= 11 is 6.08. The summed E-state index contributed by atoms with van der Waals surface area (Å²) in [6, 6.07) is 8.01. The van der Waals surface area contributed by atoms with Crippen LogP contribution in [0.1, 0.15) is 13.8 Å². The van der Waals surface area contributed by atoms with Crippen molar-refractivity contribution in [3.05, 3.63) is 29.3 Å². The number of guanidine groups is 1. The van der Waals surface area contributed by atoms with Gasteiger partial charge in [-0.05, 0) is 31.0 Å². The number of rotatable bonds is 5. The molecule has 0 aromatic heterocycles. The van der Waals surface area contributed by atoms with Crippen molar-refractivity contribution in [2.45, 2.75) is 13.8 Å². The molecule has 6 heteroatoms. The lowest BCUT2D eigenvalue weighted by Gasteiger charge is -2.37. The summed E-state index contributed by atoms with van der Waals surface area (Å²) in [5.41, 5.74) is 1.17. The number of benzene rings is 1. The van der Waals surface area contributed by atoms with E-state index in [1.54, 1.807) is 0 Å². The summed E-state index contributed by atoms with van der Waals surface area (Å²) in [5.74, 6) is 1.13. The van der Waals surface area contributed by atoms with Crippen LogP contribution in [0.4, 0.5) is 5.69 Å². The van der Waals surface area contributed by atoms with Gasteiger partial charge in [0.25, 0.3) is 0 Å². The normalized spacial score (nSPS) is 17.3. The van der Waals surface area contributed by atoms with Gasteiger partial charge < -0.3 is 20.2 Å². The molecule has 5 nitrogen and oxygen atoms in total. The Balaban J connectivity index is 1.95. The highest BCUT2D eigenvalue weighted by Gasteiger charge is 2.20. The second-order valence-corrected chi connectivity index (χ2v) is 6.37. The summed E-state index contributed by atoms with van der Waals surface area (Å²) in [6.45, 7) is 9.48. The van der Waals surface area contributed by atoms with Crippen molar-refractivity contribution in [3.63, 3.8) is 0 Å². The zero-order valence-corrected chi connectivity index (χ0v) is 14.8. The van der Waals surface area contributed by atoms with E-state index >= 15 is 0 Å². The van der Waals surface area contributed by atoms with Crippen molar-refractivity contribution in [1.29, 1.82) is 0 Å². The molecule has 1 aliphatic rings. The molecule has 0 amide bonds. The van der Waals surface area contributed by atoms with Crippen molar-refractivity contribution >= 4 is 23.2 Å². The Hall–Kier alpha value is -1.46. The molecule has 2 N–H and O–H groups in total. The highest BCUT2D eigenvalue weighted by Crippen LogP contribution is 2.20. The third-order valence-corrected chi connectivity index (χ3v) is 4.19. The van der Waals surface area contributed by atoms with Gasteiger partial charge in [-0.3, -0.25) is 4.99 Å². The van der Waals surface area contributed by atoms with Crippen LogP contribution in [0.25, 0.3) is 0 Å². The summed E-state index contributed by atoms with van der Waals surface area (Å²) in [5, 5.41) is 13.3. The maximum atomic E-state index is 9.15. The molecule has 2 rings (SSSR count). The third-order valence-electron chi connectivity index (χ3n) is 3.95. The van der Waals surface area contributed by atoms with E-state index in [4.69, 9.17) is 16.7 Å². The minimum Gasteiger partial charge on any atom is -0.396 e. The number of hydrogen-bond acceptors (Lipinski definition) is 3. The van der Waals surface area contributed by atoms with Crippen molar-refractivity contribution in [2.24, 2.45) is 10.9 Å². The van der Waals surface area contributed by atoms with E-state index in [1.807, 2.05) is 25.1 Å². The number of aliphatic hydroxyl groups is 1. The Morgan fingerprint density at radius 3 is 2.70 bits per heavy atom. The van der Waals surface area contributed by atoms with E-state index in [0.29, 0.717) is 6.54 Å². The maximum absolute atomic E-state index is 9.15. The number of anilines is 1. The first kappa shape index (κ1) is 17.9. The lowest BCUT2D eigenvalue weighted by molar-refractivity contribution is 0.241. The van der Waals surface area contributed by atoms with Crippen LogP contribution in [0.2, 0.25) is 5.02 Å². The topological polar surface area (TPSA) is 51.1 Å². The molecule has 0 bridgehead atoms. The van der Waals surface area contributed by atoms with Crippen LogP contribution in [-0.2, 0) is 0 Å². The van der Waals surface area contributed by atoms with E-state index in [0.717, 1.165) is 43.7 Å². The predicted octanol–water partition coefficient (Wildman–Crippen LogP) is 2.06. The molecule has 128 valence electrons. The van der Waals surface area contributed by atoms with Gasteiger partial charge in [0.1, 0.15) is 0 Å². The number of aliphatic hydroxyl groups excluding tert-OH is 1. The van der Waals surface area contributed by atoms with E-state index in [9.17, 15) is 0 Å². The van der Waals surface area contributed by atoms with E-state index < -0.39 is 0 Å². The number of piperazine rings is 1. The number of nitrogens with one attached hydrogen (secondary N) is 1. The van der Waals surface area contributed by atoms with Gasteiger partial charge in [-0.2, -0.15) is 0 Å². The standard InChI is InChI=1S/C17H27ClN4O/c1-3-19-17(20-12-14(2)13-23)22-9-7-21(8-10-22)16-6-4-5-15(18)11-16/h4-6,11,14,23H,3,7-10,12-13H2,1-2H3,(H,19,20). The minimum atomic E-state index is 0.172. The molecule has 1 heterocycles. The van der Waals surface area contributed by atoms with Crippen LogP contribution >= 0.6 is 11.6 Å². The molecule has 1 fully saturated rings. The zero-order chi connectivity index (χ0) is 16.7. The van der Waals surface area contributed by atoms with Gasteiger partial charge in [-0.25, -0.2) is 0 Å². The highest BCUT2D eigenvalue weighted by atomic mass is 35.5. The molecule has 1 aromatic carbocycles. The zero-order valence-electron chi connectivity index (χ0n) is 14.0. The van der Waals surface area contributed by atoms with Crippen molar-refractivity contribution < 1.29 is 5.11 Å². The smallest absolute Gasteiger partial charge is 0.194 e. The summed E-state index contributed by atoms with van der Waals surface area (Å²) in [4.78, 5) is 9.29. The fraction of sp³-hybridized carbons (Fsp3) is 0.588. The Labute approximate surface area is 144 Å².